The van der Waals surface area contributed by atoms with Crippen LogP contribution in [-0.2, 0) is 6.54 Å². The Hall–Kier alpha value is -2.13. The fourth-order valence-electron chi connectivity index (χ4n) is 1.96. The maximum atomic E-state index is 5.45. The van der Waals surface area contributed by atoms with Crippen molar-refractivity contribution in [3.8, 4) is 5.75 Å². The molecule has 2 nitrogen and oxygen atoms in total. The van der Waals surface area contributed by atoms with Crippen LogP contribution in [0.2, 0.25) is 0 Å². The van der Waals surface area contributed by atoms with Crippen molar-refractivity contribution < 1.29 is 4.74 Å². The second kappa shape index (κ2) is 7.60. The molecule has 3 heteroatoms. The van der Waals surface area contributed by atoms with Crippen molar-refractivity contribution in [2.24, 2.45) is 0 Å². The summed E-state index contributed by atoms with van der Waals surface area (Å²) in [7, 11) is 0. The van der Waals surface area contributed by atoms with Gasteiger partial charge in [0.15, 0.2) is 0 Å². The van der Waals surface area contributed by atoms with Gasteiger partial charge in [-0.25, -0.2) is 0 Å². The number of hydrogen-bond donors (Lipinski definition) is 1. The Morgan fingerprint density at radius 1 is 1.24 bits per heavy atom. The Labute approximate surface area is 131 Å². The molecule has 0 heterocycles. The van der Waals surface area contributed by atoms with E-state index in [0.29, 0.717) is 6.61 Å². The van der Waals surface area contributed by atoms with Gasteiger partial charge in [0.25, 0.3) is 0 Å². The van der Waals surface area contributed by atoms with E-state index in [2.05, 4.69) is 43.1 Å². The molecular formula is C18H19NOS. The Morgan fingerprint density at radius 3 is 2.67 bits per heavy atom. The van der Waals surface area contributed by atoms with Gasteiger partial charge in [-0.2, -0.15) is 0 Å². The van der Waals surface area contributed by atoms with Gasteiger partial charge >= 0.3 is 0 Å². The molecule has 2 aromatic rings. The minimum atomic E-state index is 0.509. The zero-order valence-electron chi connectivity index (χ0n) is 12.1. The van der Waals surface area contributed by atoms with E-state index in [-0.39, 0.29) is 0 Å². The molecule has 0 aliphatic rings. The lowest BCUT2D eigenvalue weighted by atomic mass is 10.1. The summed E-state index contributed by atoms with van der Waals surface area (Å²) in [6, 6.07) is 16.1. The normalized spacial score (nSPS) is 9.95. The number of aryl methyl sites for hydroxylation is 1. The highest BCUT2D eigenvalue weighted by Gasteiger charge is 2.02. The van der Waals surface area contributed by atoms with E-state index in [1.807, 2.05) is 24.3 Å². The molecule has 0 aliphatic carbocycles. The number of benzene rings is 2. The molecule has 0 unspecified atom stereocenters. The number of rotatable bonds is 6. The first-order valence-corrected chi connectivity index (χ1v) is 7.27. The highest BCUT2D eigenvalue weighted by molar-refractivity contribution is 7.80. The fraction of sp³-hybridized carbons (Fsp3) is 0.167. The Kier molecular flexibility index (Phi) is 5.52. The molecule has 2 rings (SSSR count). The van der Waals surface area contributed by atoms with Crippen LogP contribution < -0.4 is 10.1 Å². The molecule has 0 fully saturated rings. The summed E-state index contributed by atoms with van der Waals surface area (Å²) in [5.74, 6) is 0.820. The molecule has 0 atom stereocenters. The van der Waals surface area contributed by atoms with Crippen molar-refractivity contribution in [3.05, 3.63) is 77.9 Å². The Bertz CT molecular complexity index is 619. The minimum absolute atomic E-state index is 0.509. The molecule has 108 valence electrons. The van der Waals surface area contributed by atoms with E-state index in [1.54, 1.807) is 6.08 Å². The lowest BCUT2D eigenvalue weighted by Crippen LogP contribution is -2.21. The number of nitrogens with one attached hydrogen (secondary N) is 1. The quantitative estimate of drug-likeness (QED) is 0.642. The maximum absolute atomic E-state index is 5.45. The van der Waals surface area contributed by atoms with Crippen LogP contribution in [0.4, 0.5) is 0 Å². The molecule has 0 spiro atoms. The highest BCUT2D eigenvalue weighted by Crippen LogP contribution is 2.13. The third kappa shape index (κ3) is 4.72. The Morgan fingerprint density at radius 2 is 2.00 bits per heavy atom. The van der Waals surface area contributed by atoms with Crippen LogP contribution in [0.25, 0.3) is 0 Å². The van der Waals surface area contributed by atoms with Crippen LogP contribution in [0.1, 0.15) is 16.7 Å². The zero-order valence-corrected chi connectivity index (χ0v) is 13.0. The van der Waals surface area contributed by atoms with E-state index in [9.17, 15) is 0 Å². The Balaban J connectivity index is 1.92. The summed E-state index contributed by atoms with van der Waals surface area (Å²) >= 11 is 5.42. The predicted molar refractivity (Wildman–Crippen MR) is 91.9 cm³/mol. The third-order valence-corrected chi connectivity index (χ3v) is 3.40. The lowest BCUT2D eigenvalue weighted by Gasteiger charge is -2.10. The van der Waals surface area contributed by atoms with Crippen LogP contribution in [0.3, 0.4) is 0 Å². The number of hydrogen-bond acceptors (Lipinski definition) is 2. The standard InChI is InChI=1S/C18H19NOS/c1-3-11-20-17-9-7-16(8-10-17)18(21)19-13-15-6-4-5-14(2)12-15/h3-10,12H,1,11,13H2,2H3,(H,19,21). The summed E-state index contributed by atoms with van der Waals surface area (Å²) < 4.78 is 5.45. The van der Waals surface area contributed by atoms with E-state index >= 15 is 0 Å². The highest BCUT2D eigenvalue weighted by atomic mass is 32.1. The van der Waals surface area contributed by atoms with Crippen LogP contribution in [-0.4, -0.2) is 11.6 Å². The van der Waals surface area contributed by atoms with Gasteiger partial charge in [-0.15, -0.1) is 0 Å². The first-order valence-electron chi connectivity index (χ1n) is 6.86. The van der Waals surface area contributed by atoms with Crippen LogP contribution in [0, 0.1) is 6.92 Å². The summed E-state index contributed by atoms with van der Waals surface area (Å²) in [5, 5.41) is 3.28. The predicted octanol–water partition coefficient (Wildman–Crippen LogP) is 4.03. The molecule has 1 N–H and O–H groups in total. The SMILES string of the molecule is C=CCOc1ccc(C(=S)NCc2cccc(C)c2)cc1. The average molecular weight is 297 g/mol. The summed E-state index contributed by atoms with van der Waals surface area (Å²) in [6.45, 7) is 6.95. The van der Waals surface area contributed by atoms with Gasteiger partial charge in [0.2, 0.25) is 0 Å². The van der Waals surface area contributed by atoms with Crippen molar-refractivity contribution in [2.75, 3.05) is 6.61 Å². The smallest absolute Gasteiger partial charge is 0.119 e. The van der Waals surface area contributed by atoms with Gasteiger partial charge in [0.1, 0.15) is 17.3 Å². The van der Waals surface area contributed by atoms with Crippen molar-refractivity contribution in [3.63, 3.8) is 0 Å². The zero-order chi connectivity index (χ0) is 15.1. The van der Waals surface area contributed by atoms with Crippen molar-refractivity contribution >= 4 is 17.2 Å². The van der Waals surface area contributed by atoms with Gasteiger partial charge in [0, 0.05) is 12.1 Å². The number of ether oxygens (including phenoxy) is 1. The van der Waals surface area contributed by atoms with E-state index in [1.165, 1.54) is 11.1 Å². The van der Waals surface area contributed by atoms with Gasteiger partial charge in [0.05, 0.1) is 0 Å². The summed E-state index contributed by atoms with van der Waals surface area (Å²) in [4.78, 5) is 0.742. The second-order valence-electron chi connectivity index (χ2n) is 4.80. The molecule has 0 saturated carbocycles. The molecule has 0 amide bonds. The monoisotopic (exact) mass is 297 g/mol. The molecule has 0 radical (unpaired) electrons. The summed E-state index contributed by atoms with van der Waals surface area (Å²) in [5.41, 5.74) is 3.47. The molecule has 0 bridgehead atoms. The summed E-state index contributed by atoms with van der Waals surface area (Å²) in [6.07, 6.45) is 1.72. The van der Waals surface area contributed by atoms with Gasteiger partial charge in [-0.05, 0) is 36.8 Å². The van der Waals surface area contributed by atoms with Crippen molar-refractivity contribution in [1.82, 2.24) is 5.32 Å². The van der Waals surface area contributed by atoms with Crippen LogP contribution >= 0.6 is 12.2 Å². The molecular weight excluding hydrogens is 278 g/mol. The first-order chi connectivity index (χ1) is 10.2. The second-order valence-corrected chi connectivity index (χ2v) is 5.20. The molecule has 0 aliphatic heterocycles. The maximum Gasteiger partial charge on any atom is 0.119 e. The minimum Gasteiger partial charge on any atom is -0.490 e. The van der Waals surface area contributed by atoms with Crippen molar-refractivity contribution in [1.29, 1.82) is 0 Å². The molecule has 0 aromatic heterocycles. The van der Waals surface area contributed by atoms with Crippen LogP contribution in [0.15, 0.2) is 61.2 Å². The molecule has 21 heavy (non-hydrogen) atoms. The lowest BCUT2D eigenvalue weighted by molar-refractivity contribution is 0.363. The van der Waals surface area contributed by atoms with E-state index in [0.717, 1.165) is 22.8 Å². The average Bonchev–Trinajstić information content (AvgIpc) is 2.51. The molecule has 0 saturated heterocycles. The third-order valence-electron chi connectivity index (χ3n) is 3.02. The topological polar surface area (TPSA) is 21.3 Å². The first kappa shape index (κ1) is 15.3. The van der Waals surface area contributed by atoms with Gasteiger partial charge in [-0.1, -0.05) is 54.7 Å². The van der Waals surface area contributed by atoms with Gasteiger partial charge < -0.3 is 10.1 Å². The van der Waals surface area contributed by atoms with E-state index in [4.69, 9.17) is 17.0 Å². The van der Waals surface area contributed by atoms with Crippen LogP contribution in [0.5, 0.6) is 5.75 Å². The molecule has 2 aromatic carbocycles. The largest absolute Gasteiger partial charge is 0.490 e. The van der Waals surface area contributed by atoms with Crippen molar-refractivity contribution in [2.45, 2.75) is 13.5 Å². The number of thiocarbonyl (C=S) groups is 1. The van der Waals surface area contributed by atoms with Gasteiger partial charge in [-0.3, -0.25) is 0 Å². The van der Waals surface area contributed by atoms with E-state index < -0.39 is 0 Å². The fourth-order valence-corrected chi connectivity index (χ4v) is 2.17.